The lowest BCUT2D eigenvalue weighted by molar-refractivity contribution is 0.349. The Bertz CT molecular complexity index is 309. The lowest BCUT2D eigenvalue weighted by Crippen LogP contribution is -2.11. The fourth-order valence-electron chi connectivity index (χ4n) is 1.32. The van der Waals surface area contributed by atoms with Gasteiger partial charge >= 0.3 is 0 Å². The summed E-state index contributed by atoms with van der Waals surface area (Å²) >= 11 is 0. The highest BCUT2D eigenvalue weighted by Crippen LogP contribution is 2.22. The van der Waals surface area contributed by atoms with Crippen molar-refractivity contribution in [3.63, 3.8) is 0 Å². The number of nitriles is 1. The minimum atomic E-state index is -0.311. The smallest absolute Gasteiger partial charge is 0.140 e. The van der Waals surface area contributed by atoms with E-state index in [0.717, 1.165) is 6.42 Å². The van der Waals surface area contributed by atoms with E-state index in [-0.39, 0.29) is 23.2 Å². The molecule has 0 amide bonds. The topological polar surface area (TPSA) is 82.4 Å². The zero-order valence-electron chi connectivity index (χ0n) is 7.78. The fourth-order valence-corrected chi connectivity index (χ4v) is 1.32. The van der Waals surface area contributed by atoms with Crippen LogP contribution < -0.4 is 5.73 Å². The van der Waals surface area contributed by atoms with Crippen LogP contribution in [0.2, 0.25) is 0 Å². The maximum absolute atomic E-state index is 9.53. The fraction of sp³-hybridized carbons (Fsp3) is 0.556. The molecule has 0 fully saturated rings. The van der Waals surface area contributed by atoms with Crippen LogP contribution in [0, 0.1) is 17.2 Å². The van der Waals surface area contributed by atoms with Crippen LogP contribution >= 0.6 is 0 Å². The molecule has 0 unspecified atom stereocenters. The molecule has 0 aliphatic carbocycles. The molecule has 0 saturated heterocycles. The Labute approximate surface area is 77.4 Å². The molecule has 1 rings (SSSR count). The summed E-state index contributed by atoms with van der Waals surface area (Å²) in [5.74, 6) is 0.598. The van der Waals surface area contributed by atoms with Gasteiger partial charge in [-0.25, -0.2) is 0 Å². The number of aliphatic imine (C=N–C) groups is 1. The van der Waals surface area contributed by atoms with Gasteiger partial charge in [-0.1, -0.05) is 13.8 Å². The predicted molar refractivity (Wildman–Crippen MR) is 50.1 cm³/mol. The van der Waals surface area contributed by atoms with Gasteiger partial charge in [0, 0.05) is 0 Å². The first-order valence-corrected chi connectivity index (χ1v) is 4.23. The zero-order valence-corrected chi connectivity index (χ0v) is 7.78. The Morgan fingerprint density at radius 3 is 2.69 bits per heavy atom. The third kappa shape index (κ3) is 1.81. The molecule has 1 aliphatic heterocycles. The number of nitrogens with two attached hydrogens (primary N) is 1. The first-order valence-electron chi connectivity index (χ1n) is 4.23. The van der Waals surface area contributed by atoms with Gasteiger partial charge in [0.05, 0.1) is 0 Å². The summed E-state index contributed by atoms with van der Waals surface area (Å²) in [5, 5.41) is 18.2. The molecular formula is C9H13N3O. The average Bonchev–Trinajstić information content (AvgIpc) is 2.26. The summed E-state index contributed by atoms with van der Waals surface area (Å²) in [7, 11) is 0. The first-order chi connectivity index (χ1) is 6.06. The van der Waals surface area contributed by atoms with Crippen LogP contribution in [0.25, 0.3) is 0 Å². The largest absolute Gasteiger partial charge is 0.508 e. The molecule has 0 aromatic heterocycles. The van der Waals surface area contributed by atoms with Crippen LogP contribution in [0.15, 0.2) is 16.3 Å². The normalized spacial score (nSPS) is 22.0. The molecule has 0 spiro atoms. The van der Waals surface area contributed by atoms with Gasteiger partial charge in [-0.3, -0.25) is 4.99 Å². The van der Waals surface area contributed by atoms with Crippen LogP contribution in [0.1, 0.15) is 20.3 Å². The number of hydrogen-bond acceptors (Lipinski definition) is 4. The van der Waals surface area contributed by atoms with Gasteiger partial charge in [-0.2, -0.15) is 5.26 Å². The van der Waals surface area contributed by atoms with Crippen LogP contribution in [0.4, 0.5) is 0 Å². The van der Waals surface area contributed by atoms with Gasteiger partial charge in [0.2, 0.25) is 0 Å². The third-order valence-corrected chi connectivity index (χ3v) is 1.93. The highest BCUT2D eigenvalue weighted by Gasteiger charge is 2.26. The van der Waals surface area contributed by atoms with E-state index in [2.05, 4.69) is 4.99 Å². The van der Waals surface area contributed by atoms with E-state index in [4.69, 9.17) is 11.0 Å². The molecule has 1 atom stereocenters. The second kappa shape index (κ2) is 3.48. The number of hydrogen-bond donors (Lipinski definition) is 2. The van der Waals surface area contributed by atoms with E-state index in [1.807, 2.05) is 19.9 Å². The molecule has 0 saturated carbocycles. The van der Waals surface area contributed by atoms with Crippen molar-refractivity contribution in [2.45, 2.75) is 26.3 Å². The van der Waals surface area contributed by atoms with Crippen molar-refractivity contribution in [3.8, 4) is 6.07 Å². The Kier molecular flexibility index (Phi) is 2.57. The molecular weight excluding hydrogens is 166 g/mol. The Morgan fingerprint density at radius 1 is 1.69 bits per heavy atom. The standard InChI is InChI=1S/C9H13N3O/c1-5(2)3-7-8(13)6(4-10)9(11)12-7/h5,7,13H,3H2,1-2H3,(H2,11,12)/t7-/m0/s1. The van der Waals surface area contributed by atoms with Crippen LogP contribution in [-0.4, -0.2) is 17.0 Å². The van der Waals surface area contributed by atoms with Crippen LogP contribution in [0.3, 0.4) is 0 Å². The quantitative estimate of drug-likeness (QED) is 0.666. The molecule has 70 valence electrons. The van der Waals surface area contributed by atoms with Crippen LogP contribution in [-0.2, 0) is 0 Å². The third-order valence-electron chi connectivity index (χ3n) is 1.93. The van der Waals surface area contributed by atoms with E-state index in [1.54, 1.807) is 0 Å². The second-order valence-corrected chi connectivity index (χ2v) is 3.53. The maximum Gasteiger partial charge on any atom is 0.140 e. The molecule has 4 nitrogen and oxygen atoms in total. The Morgan fingerprint density at radius 2 is 2.31 bits per heavy atom. The number of nitrogens with zero attached hydrogens (tertiary/aromatic N) is 2. The summed E-state index contributed by atoms with van der Waals surface area (Å²) in [6.07, 6.45) is 0.720. The molecule has 1 heterocycles. The van der Waals surface area contributed by atoms with Gasteiger partial charge in [-0.15, -0.1) is 0 Å². The minimum Gasteiger partial charge on any atom is -0.508 e. The number of aliphatic hydroxyl groups excluding tert-OH is 1. The summed E-state index contributed by atoms with van der Waals surface area (Å²) in [6, 6.07) is 1.53. The monoisotopic (exact) mass is 179 g/mol. The van der Waals surface area contributed by atoms with Crippen molar-refractivity contribution in [1.82, 2.24) is 0 Å². The molecule has 0 bridgehead atoms. The zero-order chi connectivity index (χ0) is 10.0. The van der Waals surface area contributed by atoms with Gasteiger partial charge in [-0.05, 0) is 12.3 Å². The number of rotatable bonds is 2. The lowest BCUT2D eigenvalue weighted by Gasteiger charge is -2.09. The summed E-state index contributed by atoms with van der Waals surface area (Å²) in [4.78, 5) is 4.01. The molecule has 13 heavy (non-hydrogen) atoms. The summed E-state index contributed by atoms with van der Waals surface area (Å²) < 4.78 is 0. The Hall–Kier alpha value is -1.50. The molecule has 4 heteroatoms. The highest BCUT2D eigenvalue weighted by atomic mass is 16.3. The van der Waals surface area contributed by atoms with Crippen molar-refractivity contribution < 1.29 is 5.11 Å². The predicted octanol–water partition coefficient (Wildman–Crippen LogP) is 1.11. The lowest BCUT2D eigenvalue weighted by atomic mass is 10.0. The van der Waals surface area contributed by atoms with E-state index in [9.17, 15) is 5.11 Å². The van der Waals surface area contributed by atoms with E-state index < -0.39 is 0 Å². The second-order valence-electron chi connectivity index (χ2n) is 3.53. The molecule has 0 aromatic rings. The van der Waals surface area contributed by atoms with Gasteiger partial charge in [0.25, 0.3) is 0 Å². The maximum atomic E-state index is 9.53. The van der Waals surface area contributed by atoms with E-state index in [0.29, 0.717) is 5.92 Å². The van der Waals surface area contributed by atoms with Gasteiger partial charge in [0.15, 0.2) is 0 Å². The number of amidine groups is 1. The summed E-state index contributed by atoms with van der Waals surface area (Å²) in [6.45, 7) is 4.06. The van der Waals surface area contributed by atoms with Crippen molar-refractivity contribution in [3.05, 3.63) is 11.3 Å². The van der Waals surface area contributed by atoms with Gasteiger partial charge in [0.1, 0.15) is 29.3 Å². The molecule has 1 aliphatic rings. The average molecular weight is 179 g/mol. The minimum absolute atomic E-state index is 0.0219. The molecule has 0 radical (unpaired) electrons. The first kappa shape index (κ1) is 9.59. The SMILES string of the molecule is CC(C)C[C@@H]1N=C(N)C(C#N)=C1O. The van der Waals surface area contributed by atoms with Crippen LogP contribution in [0.5, 0.6) is 0 Å². The van der Waals surface area contributed by atoms with Crippen molar-refractivity contribution in [2.24, 2.45) is 16.6 Å². The van der Waals surface area contributed by atoms with Crippen molar-refractivity contribution in [1.29, 1.82) is 5.26 Å². The van der Waals surface area contributed by atoms with E-state index in [1.165, 1.54) is 0 Å². The van der Waals surface area contributed by atoms with Gasteiger partial charge < -0.3 is 10.8 Å². The molecule has 3 N–H and O–H groups in total. The van der Waals surface area contributed by atoms with E-state index >= 15 is 0 Å². The number of aliphatic hydroxyl groups is 1. The highest BCUT2D eigenvalue weighted by molar-refractivity contribution is 6.03. The van der Waals surface area contributed by atoms with Crippen molar-refractivity contribution >= 4 is 5.84 Å². The Balaban J connectivity index is 2.85. The summed E-state index contributed by atoms with van der Waals surface area (Å²) in [5.41, 5.74) is 5.59. The van der Waals surface area contributed by atoms with Crippen molar-refractivity contribution in [2.75, 3.05) is 0 Å². The molecule has 0 aromatic carbocycles.